The van der Waals surface area contributed by atoms with E-state index in [0.29, 0.717) is 5.75 Å². The first-order chi connectivity index (χ1) is 8.66. The van der Waals surface area contributed by atoms with E-state index in [-0.39, 0.29) is 12.2 Å². The van der Waals surface area contributed by atoms with Crippen LogP contribution < -0.4 is 10.5 Å². The molecule has 18 heavy (non-hydrogen) atoms. The molecule has 2 nitrogen and oxygen atoms in total. The third-order valence-electron chi connectivity index (χ3n) is 2.53. The highest BCUT2D eigenvalue weighted by Gasteiger charge is 2.13. The van der Waals surface area contributed by atoms with Gasteiger partial charge in [-0.2, -0.15) is 0 Å². The zero-order valence-corrected chi connectivity index (χ0v) is 9.64. The highest BCUT2D eigenvalue weighted by molar-refractivity contribution is 5.24. The normalized spacial score (nSPS) is 12.2. The van der Waals surface area contributed by atoms with Gasteiger partial charge in [-0.25, -0.2) is 8.78 Å². The van der Waals surface area contributed by atoms with Gasteiger partial charge in [-0.15, -0.1) is 0 Å². The van der Waals surface area contributed by atoms with Gasteiger partial charge in [-0.1, -0.05) is 18.2 Å². The van der Waals surface area contributed by atoms with E-state index in [9.17, 15) is 8.78 Å². The molecule has 2 N–H and O–H groups in total. The SMILES string of the molecule is NC(COc1ccccc1)c1cc(F)ccc1F. The largest absolute Gasteiger partial charge is 0.492 e. The van der Waals surface area contributed by atoms with Crippen molar-refractivity contribution in [2.24, 2.45) is 5.73 Å². The highest BCUT2D eigenvalue weighted by Crippen LogP contribution is 2.18. The van der Waals surface area contributed by atoms with Crippen LogP contribution in [0.15, 0.2) is 48.5 Å². The molecule has 0 heterocycles. The quantitative estimate of drug-likeness (QED) is 0.903. The average molecular weight is 249 g/mol. The molecule has 2 rings (SSSR count). The van der Waals surface area contributed by atoms with E-state index in [0.717, 1.165) is 18.2 Å². The third kappa shape index (κ3) is 3.05. The summed E-state index contributed by atoms with van der Waals surface area (Å²) in [7, 11) is 0. The van der Waals surface area contributed by atoms with E-state index in [1.54, 1.807) is 12.1 Å². The van der Waals surface area contributed by atoms with Crippen molar-refractivity contribution in [2.75, 3.05) is 6.61 Å². The number of hydrogen-bond acceptors (Lipinski definition) is 2. The van der Waals surface area contributed by atoms with Crippen LogP contribution in [-0.4, -0.2) is 6.61 Å². The molecule has 0 aliphatic heterocycles. The predicted molar refractivity (Wildman–Crippen MR) is 65.2 cm³/mol. The van der Waals surface area contributed by atoms with Crippen LogP contribution in [0.1, 0.15) is 11.6 Å². The zero-order valence-electron chi connectivity index (χ0n) is 9.64. The van der Waals surface area contributed by atoms with Crippen LogP contribution in [0.25, 0.3) is 0 Å². The molecule has 1 atom stereocenters. The number of rotatable bonds is 4. The minimum atomic E-state index is -0.707. The Morgan fingerprint density at radius 1 is 1.06 bits per heavy atom. The Bertz CT molecular complexity index is 516. The lowest BCUT2D eigenvalue weighted by molar-refractivity contribution is 0.287. The van der Waals surface area contributed by atoms with Gasteiger partial charge in [-0.05, 0) is 30.3 Å². The van der Waals surface area contributed by atoms with Crippen molar-refractivity contribution < 1.29 is 13.5 Å². The Morgan fingerprint density at radius 3 is 2.50 bits per heavy atom. The van der Waals surface area contributed by atoms with Crippen molar-refractivity contribution in [3.8, 4) is 5.75 Å². The smallest absolute Gasteiger partial charge is 0.128 e. The molecule has 0 saturated heterocycles. The molecular formula is C14H13F2NO. The first-order valence-corrected chi connectivity index (χ1v) is 5.55. The average Bonchev–Trinajstić information content (AvgIpc) is 2.40. The maximum absolute atomic E-state index is 13.4. The number of benzene rings is 2. The van der Waals surface area contributed by atoms with Gasteiger partial charge in [0.1, 0.15) is 24.0 Å². The zero-order chi connectivity index (χ0) is 13.0. The van der Waals surface area contributed by atoms with Crippen molar-refractivity contribution in [1.82, 2.24) is 0 Å². The summed E-state index contributed by atoms with van der Waals surface area (Å²) in [6.45, 7) is 0.0877. The topological polar surface area (TPSA) is 35.2 Å². The Morgan fingerprint density at radius 2 is 1.78 bits per heavy atom. The second-order valence-corrected chi connectivity index (χ2v) is 3.90. The molecular weight excluding hydrogens is 236 g/mol. The van der Waals surface area contributed by atoms with Gasteiger partial charge in [0.05, 0.1) is 6.04 Å². The number of halogens is 2. The summed E-state index contributed by atoms with van der Waals surface area (Å²) in [4.78, 5) is 0. The van der Waals surface area contributed by atoms with Crippen molar-refractivity contribution in [3.63, 3.8) is 0 Å². The van der Waals surface area contributed by atoms with Crippen LogP contribution in [0.2, 0.25) is 0 Å². The van der Waals surface area contributed by atoms with Crippen LogP contribution in [0, 0.1) is 11.6 Å². The highest BCUT2D eigenvalue weighted by atomic mass is 19.1. The molecule has 0 amide bonds. The van der Waals surface area contributed by atoms with E-state index in [1.807, 2.05) is 18.2 Å². The molecule has 0 aliphatic carbocycles. The van der Waals surface area contributed by atoms with Crippen LogP contribution >= 0.6 is 0 Å². The fourth-order valence-electron chi connectivity index (χ4n) is 1.59. The summed E-state index contributed by atoms with van der Waals surface area (Å²) in [5.74, 6) is -0.396. The molecule has 0 radical (unpaired) electrons. The maximum Gasteiger partial charge on any atom is 0.128 e. The standard InChI is InChI=1S/C14H13F2NO/c15-10-6-7-13(16)12(8-10)14(17)9-18-11-4-2-1-3-5-11/h1-8,14H,9,17H2. The lowest BCUT2D eigenvalue weighted by Crippen LogP contribution is -2.20. The van der Waals surface area contributed by atoms with Crippen LogP contribution in [0.5, 0.6) is 5.75 Å². The minimum Gasteiger partial charge on any atom is -0.492 e. The van der Waals surface area contributed by atoms with Crippen LogP contribution in [0.4, 0.5) is 8.78 Å². The second kappa shape index (κ2) is 5.60. The summed E-state index contributed by atoms with van der Waals surface area (Å²) in [6, 6.07) is 11.6. The predicted octanol–water partition coefficient (Wildman–Crippen LogP) is 3.04. The van der Waals surface area contributed by atoms with Crippen molar-refractivity contribution in [1.29, 1.82) is 0 Å². The Labute approximate surface area is 104 Å². The van der Waals surface area contributed by atoms with Crippen LogP contribution in [-0.2, 0) is 0 Å². The van der Waals surface area contributed by atoms with Gasteiger partial charge >= 0.3 is 0 Å². The number of ether oxygens (including phenoxy) is 1. The molecule has 0 aromatic heterocycles. The van der Waals surface area contributed by atoms with Gasteiger partial charge in [0.25, 0.3) is 0 Å². The fourth-order valence-corrected chi connectivity index (χ4v) is 1.59. The van der Waals surface area contributed by atoms with E-state index >= 15 is 0 Å². The Balaban J connectivity index is 2.03. The number of para-hydroxylation sites is 1. The van der Waals surface area contributed by atoms with E-state index in [1.165, 1.54) is 0 Å². The second-order valence-electron chi connectivity index (χ2n) is 3.90. The van der Waals surface area contributed by atoms with Crippen LogP contribution in [0.3, 0.4) is 0 Å². The van der Waals surface area contributed by atoms with Gasteiger partial charge in [0.2, 0.25) is 0 Å². The first-order valence-electron chi connectivity index (χ1n) is 5.55. The van der Waals surface area contributed by atoms with Gasteiger partial charge < -0.3 is 10.5 Å². The van der Waals surface area contributed by atoms with E-state index < -0.39 is 17.7 Å². The molecule has 0 spiro atoms. The Kier molecular flexibility index (Phi) is 3.89. The maximum atomic E-state index is 13.4. The molecule has 1 unspecified atom stereocenters. The molecule has 2 aromatic rings. The molecule has 94 valence electrons. The third-order valence-corrected chi connectivity index (χ3v) is 2.53. The fraction of sp³-hybridized carbons (Fsp3) is 0.143. The summed E-state index contributed by atoms with van der Waals surface area (Å²) >= 11 is 0. The molecule has 0 saturated carbocycles. The number of hydrogen-bond donors (Lipinski definition) is 1. The van der Waals surface area contributed by atoms with Gasteiger partial charge in [0.15, 0.2) is 0 Å². The molecule has 0 aliphatic rings. The van der Waals surface area contributed by atoms with E-state index in [4.69, 9.17) is 10.5 Å². The van der Waals surface area contributed by atoms with Crippen molar-refractivity contribution in [3.05, 3.63) is 65.7 Å². The van der Waals surface area contributed by atoms with Crippen molar-refractivity contribution >= 4 is 0 Å². The number of nitrogens with two attached hydrogens (primary N) is 1. The van der Waals surface area contributed by atoms with E-state index in [2.05, 4.69) is 0 Å². The first kappa shape index (κ1) is 12.5. The monoisotopic (exact) mass is 249 g/mol. The van der Waals surface area contributed by atoms with Gasteiger partial charge in [-0.3, -0.25) is 0 Å². The molecule has 0 fully saturated rings. The summed E-state index contributed by atoms with van der Waals surface area (Å²) in [5, 5.41) is 0. The molecule has 2 aromatic carbocycles. The lowest BCUT2D eigenvalue weighted by atomic mass is 10.1. The lowest BCUT2D eigenvalue weighted by Gasteiger charge is -2.14. The van der Waals surface area contributed by atoms with Crippen molar-refractivity contribution in [2.45, 2.75) is 6.04 Å². The van der Waals surface area contributed by atoms with Gasteiger partial charge in [0, 0.05) is 5.56 Å². The summed E-state index contributed by atoms with van der Waals surface area (Å²) < 4.78 is 31.9. The summed E-state index contributed by atoms with van der Waals surface area (Å²) in [6.07, 6.45) is 0. The molecule has 4 heteroatoms. The molecule has 0 bridgehead atoms. The Hall–Kier alpha value is -1.94. The summed E-state index contributed by atoms with van der Waals surface area (Å²) in [5.41, 5.74) is 5.90. The minimum absolute atomic E-state index is 0.0877.